The maximum Gasteiger partial charge on any atom is 0.0636 e. The molecule has 1 nitrogen and oxygen atoms in total. The molecule has 0 bridgehead atoms. The molecule has 8 heavy (non-hydrogen) atoms. The molecule has 0 saturated carbocycles. The van der Waals surface area contributed by atoms with Crippen molar-refractivity contribution in [1.82, 2.24) is 0 Å². The summed E-state index contributed by atoms with van der Waals surface area (Å²) in [6.45, 7) is 4.15. The van der Waals surface area contributed by atoms with Crippen LogP contribution in [-0.2, 0) is 4.74 Å². The van der Waals surface area contributed by atoms with Crippen molar-refractivity contribution in [2.45, 2.75) is 18.1 Å². The van der Waals surface area contributed by atoms with Gasteiger partial charge in [-0.15, -0.1) is 0 Å². The Kier molecular flexibility index (Phi) is 1.83. The molecule has 1 saturated heterocycles. The highest BCUT2D eigenvalue weighted by molar-refractivity contribution is 8.00. The highest BCUT2D eigenvalue weighted by Crippen LogP contribution is 2.33. The highest BCUT2D eigenvalue weighted by atomic mass is 32.2. The minimum Gasteiger partial charge on any atom is -0.378 e. The van der Waals surface area contributed by atoms with E-state index in [1.807, 2.05) is 11.8 Å². The van der Waals surface area contributed by atoms with Crippen LogP contribution in [0.25, 0.3) is 0 Å². The number of rotatable bonds is 2. The number of hydrogen-bond donors (Lipinski definition) is 0. The van der Waals surface area contributed by atoms with Gasteiger partial charge < -0.3 is 4.74 Å². The zero-order valence-corrected chi connectivity index (χ0v) is 6.25. The average Bonchev–Trinajstić information content (AvgIpc) is 1.67. The van der Waals surface area contributed by atoms with Gasteiger partial charge in [-0.05, 0) is 12.7 Å². The van der Waals surface area contributed by atoms with Crippen molar-refractivity contribution in [3.63, 3.8) is 0 Å². The lowest BCUT2D eigenvalue weighted by Gasteiger charge is -2.39. The van der Waals surface area contributed by atoms with Crippen molar-refractivity contribution in [3.05, 3.63) is 0 Å². The van der Waals surface area contributed by atoms with Gasteiger partial charge in [-0.2, -0.15) is 11.8 Å². The van der Waals surface area contributed by atoms with Crippen LogP contribution in [0.2, 0.25) is 0 Å². The van der Waals surface area contributed by atoms with Gasteiger partial charge in [0.1, 0.15) is 0 Å². The number of ether oxygens (including phenoxy) is 1. The number of thioether (sulfide) groups is 1. The molecule has 0 aromatic heterocycles. The first-order chi connectivity index (χ1) is 3.83. The Bertz CT molecular complexity index is 65.1. The van der Waals surface area contributed by atoms with E-state index in [0.29, 0.717) is 4.75 Å². The Labute approximate surface area is 54.8 Å². The lowest BCUT2D eigenvalue weighted by molar-refractivity contribution is -0.00982. The molecule has 0 aromatic rings. The summed E-state index contributed by atoms with van der Waals surface area (Å²) in [5, 5.41) is 0. The number of hydrogen-bond acceptors (Lipinski definition) is 2. The van der Waals surface area contributed by atoms with Crippen LogP contribution in [0, 0.1) is 0 Å². The molecule has 1 aliphatic rings. The van der Waals surface area contributed by atoms with Gasteiger partial charge in [0.15, 0.2) is 0 Å². The Balaban J connectivity index is 2.33. The first-order valence-corrected chi connectivity index (χ1v) is 4.18. The van der Waals surface area contributed by atoms with E-state index in [1.165, 1.54) is 6.42 Å². The van der Waals surface area contributed by atoms with E-state index in [2.05, 4.69) is 13.2 Å². The fourth-order valence-electron chi connectivity index (χ4n) is 0.796. The summed E-state index contributed by atoms with van der Waals surface area (Å²) in [5.41, 5.74) is 0. The van der Waals surface area contributed by atoms with Crippen LogP contribution in [0.15, 0.2) is 0 Å². The van der Waals surface area contributed by atoms with E-state index in [0.717, 1.165) is 13.2 Å². The van der Waals surface area contributed by atoms with Crippen LogP contribution in [0.3, 0.4) is 0 Å². The van der Waals surface area contributed by atoms with Crippen LogP contribution in [-0.4, -0.2) is 24.2 Å². The van der Waals surface area contributed by atoms with Gasteiger partial charge in [-0.25, -0.2) is 0 Å². The Morgan fingerprint density at radius 2 is 2.25 bits per heavy atom. The molecular formula is C6H12OS. The smallest absolute Gasteiger partial charge is 0.0636 e. The second-order valence-corrected chi connectivity index (χ2v) is 3.51. The molecule has 1 aliphatic heterocycles. The second kappa shape index (κ2) is 2.28. The van der Waals surface area contributed by atoms with Gasteiger partial charge in [-0.3, -0.25) is 0 Å². The zero-order valence-electron chi connectivity index (χ0n) is 5.44. The monoisotopic (exact) mass is 132 g/mol. The maximum atomic E-state index is 5.10. The summed E-state index contributed by atoms with van der Waals surface area (Å²) >= 11 is 1.93. The molecule has 0 aromatic carbocycles. The lowest BCUT2D eigenvalue weighted by atomic mass is 10.0. The van der Waals surface area contributed by atoms with Crippen LogP contribution >= 0.6 is 11.8 Å². The van der Waals surface area contributed by atoms with Gasteiger partial charge in [0.25, 0.3) is 0 Å². The second-order valence-electron chi connectivity index (χ2n) is 2.23. The first-order valence-electron chi connectivity index (χ1n) is 2.96. The molecule has 0 radical (unpaired) electrons. The van der Waals surface area contributed by atoms with Crippen molar-refractivity contribution < 1.29 is 4.74 Å². The van der Waals surface area contributed by atoms with E-state index in [1.54, 1.807) is 0 Å². The molecule has 0 spiro atoms. The summed E-state index contributed by atoms with van der Waals surface area (Å²) < 4.78 is 5.60. The summed E-state index contributed by atoms with van der Waals surface area (Å²) in [6, 6.07) is 0. The van der Waals surface area contributed by atoms with Crippen LogP contribution in [0.4, 0.5) is 0 Å². The standard InChI is InChI=1S/C6H12OS/c1-3-6(8-2)4-7-5-6/h3-5H2,1-2H3. The van der Waals surface area contributed by atoms with E-state index in [9.17, 15) is 0 Å². The third-order valence-corrected chi connectivity index (χ3v) is 3.20. The molecule has 0 atom stereocenters. The molecule has 2 heteroatoms. The molecule has 0 aliphatic carbocycles. The van der Waals surface area contributed by atoms with Crippen LogP contribution in [0.1, 0.15) is 13.3 Å². The van der Waals surface area contributed by atoms with Gasteiger partial charge >= 0.3 is 0 Å². The highest BCUT2D eigenvalue weighted by Gasteiger charge is 2.35. The van der Waals surface area contributed by atoms with Crippen molar-refractivity contribution in [1.29, 1.82) is 0 Å². The molecule has 1 fully saturated rings. The molecule has 48 valence electrons. The summed E-state index contributed by atoms with van der Waals surface area (Å²) in [5.74, 6) is 0. The Hall–Kier alpha value is 0.310. The van der Waals surface area contributed by atoms with E-state index >= 15 is 0 Å². The van der Waals surface area contributed by atoms with Gasteiger partial charge in [0, 0.05) is 0 Å². The van der Waals surface area contributed by atoms with Crippen LogP contribution in [0.5, 0.6) is 0 Å². The first kappa shape index (κ1) is 6.43. The van der Waals surface area contributed by atoms with Crippen molar-refractivity contribution in [3.8, 4) is 0 Å². The lowest BCUT2D eigenvalue weighted by Crippen LogP contribution is -2.45. The van der Waals surface area contributed by atoms with Gasteiger partial charge in [0.2, 0.25) is 0 Å². The fourth-order valence-corrected chi connectivity index (χ4v) is 1.49. The predicted octanol–water partition coefficient (Wildman–Crippen LogP) is 1.53. The van der Waals surface area contributed by atoms with Crippen molar-refractivity contribution >= 4 is 11.8 Å². The minimum absolute atomic E-state index is 0.500. The maximum absolute atomic E-state index is 5.10. The fraction of sp³-hybridized carbons (Fsp3) is 1.00. The molecule has 0 N–H and O–H groups in total. The Morgan fingerprint density at radius 1 is 1.62 bits per heavy atom. The SMILES string of the molecule is CCC1(SC)COC1. The Morgan fingerprint density at radius 3 is 2.25 bits per heavy atom. The summed E-state index contributed by atoms with van der Waals surface area (Å²) in [6.07, 6.45) is 3.40. The molecular weight excluding hydrogens is 120 g/mol. The summed E-state index contributed by atoms with van der Waals surface area (Å²) in [7, 11) is 0. The van der Waals surface area contributed by atoms with E-state index in [-0.39, 0.29) is 0 Å². The quantitative estimate of drug-likeness (QED) is 0.563. The zero-order chi connectivity index (χ0) is 6.04. The van der Waals surface area contributed by atoms with Crippen LogP contribution < -0.4 is 0 Å². The molecule has 1 heterocycles. The van der Waals surface area contributed by atoms with Crippen molar-refractivity contribution in [2.24, 2.45) is 0 Å². The van der Waals surface area contributed by atoms with Gasteiger partial charge in [0.05, 0.1) is 18.0 Å². The molecule has 0 amide bonds. The van der Waals surface area contributed by atoms with Crippen molar-refractivity contribution in [2.75, 3.05) is 19.5 Å². The predicted molar refractivity (Wildman–Crippen MR) is 37.4 cm³/mol. The van der Waals surface area contributed by atoms with E-state index < -0.39 is 0 Å². The normalized spacial score (nSPS) is 24.8. The molecule has 0 unspecified atom stereocenters. The average molecular weight is 132 g/mol. The third-order valence-electron chi connectivity index (χ3n) is 1.81. The van der Waals surface area contributed by atoms with Gasteiger partial charge in [-0.1, -0.05) is 6.92 Å². The summed E-state index contributed by atoms with van der Waals surface area (Å²) in [4.78, 5) is 0. The third kappa shape index (κ3) is 0.869. The minimum atomic E-state index is 0.500. The molecule has 1 rings (SSSR count). The van der Waals surface area contributed by atoms with E-state index in [4.69, 9.17) is 4.74 Å². The largest absolute Gasteiger partial charge is 0.378 e. The topological polar surface area (TPSA) is 9.23 Å².